The number of thiophene rings is 1. The monoisotopic (exact) mass is 547 g/mol. The molecule has 0 atom stereocenters. The van der Waals surface area contributed by atoms with E-state index in [1.807, 2.05) is 29.5 Å². The van der Waals surface area contributed by atoms with Crippen LogP contribution in [0.2, 0.25) is 13.1 Å². The Hall–Kier alpha value is -4.45. The average Bonchev–Trinajstić information content (AvgIpc) is 3.49. The third-order valence-corrected chi connectivity index (χ3v) is 12.8. The summed E-state index contributed by atoms with van der Waals surface area (Å²) in [5.74, 6) is 2.11. The summed E-state index contributed by atoms with van der Waals surface area (Å²) in [6.07, 6.45) is 0. The van der Waals surface area contributed by atoms with Gasteiger partial charge in [0.05, 0.1) is 0 Å². The molecule has 3 heterocycles. The van der Waals surface area contributed by atoms with Crippen LogP contribution in [-0.2, 0) is 0 Å². The van der Waals surface area contributed by atoms with Crippen molar-refractivity contribution in [1.29, 1.82) is 0 Å². The lowest BCUT2D eigenvalue weighted by Gasteiger charge is -2.18. The van der Waals surface area contributed by atoms with E-state index in [0.29, 0.717) is 11.6 Å². The molecule has 0 saturated heterocycles. The van der Waals surface area contributed by atoms with Gasteiger partial charge >= 0.3 is 0 Å². The first-order chi connectivity index (χ1) is 19.6. The van der Waals surface area contributed by atoms with E-state index < -0.39 is 8.07 Å². The number of hydrogen-bond donors (Lipinski definition) is 0. The molecule has 1 aliphatic heterocycles. The Bertz CT molecular complexity index is 2100. The quantitative estimate of drug-likeness (QED) is 0.210. The molecule has 0 spiro atoms. The highest BCUT2D eigenvalue weighted by Crippen LogP contribution is 2.38. The van der Waals surface area contributed by atoms with E-state index in [0.717, 1.165) is 22.5 Å². The van der Waals surface area contributed by atoms with Crippen molar-refractivity contribution >= 4 is 50.0 Å². The highest BCUT2D eigenvalue weighted by molar-refractivity contribution is 7.25. The molecular formula is C35H25N3SSi. The summed E-state index contributed by atoms with van der Waals surface area (Å²) in [6, 6.07) is 40.9. The lowest BCUT2D eigenvalue weighted by atomic mass is 9.99. The van der Waals surface area contributed by atoms with E-state index in [4.69, 9.17) is 15.0 Å². The zero-order valence-electron chi connectivity index (χ0n) is 22.2. The van der Waals surface area contributed by atoms with Gasteiger partial charge in [-0.15, -0.1) is 11.3 Å². The molecule has 5 aromatic carbocycles. The van der Waals surface area contributed by atoms with Crippen molar-refractivity contribution < 1.29 is 0 Å². The molecule has 0 amide bonds. The van der Waals surface area contributed by atoms with Gasteiger partial charge in [0.1, 0.15) is 8.07 Å². The van der Waals surface area contributed by atoms with Crippen molar-refractivity contribution in [3.8, 4) is 45.3 Å². The van der Waals surface area contributed by atoms with Crippen LogP contribution < -0.4 is 10.4 Å². The summed E-state index contributed by atoms with van der Waals surface area (Å²) in [4.78, 5) is 15.3. The van der Waals surface area contributed by atoms with Gasteiger partial charge in [-0.2, -0.15) is 0 Å². The van der Waals surface area contributed by atoms with Crippen molar-refractivity contribution in [2.45, 2.75) is 13.1 Å². The van der Waals surface area contributed by atoms with Gasteiger partial charge < -0.3 is 0 Å². The molecule has 2 aromatic heterocycles. The fraction of sp³-hybridized carbons (Fsp3) is 0.0571. The Morgan fingerprint density at radius 2 is 1.15 bits per heavy atom. The van der Waals surface area contributed by atoms with Gasteiger partial charge in [-0.3, -0.25) is 0 Å². The van der Waals surface area contributed by atoms with Crippen LogP contribution in [0.1, 0.15) is 0 Å². The Morgan fingerprint density at radius 1 is 0.500 bits per heavy atom. The standard InChI is InChI=1S/C35H25N3SSi/c1-40(2)30-17-9-7-14-26(30)32-27(15-10-18-31(32)40)35-37-33(22-11-4-3-5-12-22)36-34(38-35)23-19-20-25-24-13-6-8-16-28(24)39-29(25)21-23/h3-21H,1-2H3. The van der Waals surface area contributed by atoms with Crippen LogP contribution in [0, 0.1) is 0 Å². The second kappa shape index (κ2) is 8.78. The molecule has 7 aromatic rings. The molecule has 190 valence electrons. The first kappa shape index (κ1) is 23.4. The summed E-state index contributed by atoms with van der Waals surface area (Å²) in [5, 5.41) is 5.48. The zero-order chi connectivity index (χ0) is 26.8. The summed E-state index contributed by atoms with van der Waals surface area (Å²) < 4.78 is 2.53. The van der Waals surface area contributed by atoms with Crippen LogP contribution in [0.4, 0.5) is 0 Å². The molecule has 0 bridgehead atoms. The predicted molar refractivity (Wildman–Crippen MR) is 171 cm³/mol. The van der Waals surface area contributed by atoms with Gasteiger partial charge in [0.25, 0.3) is 0 Å². The van der Waals surface area contributed by atoms with Gasteiger partial charge in [0.15, 0.2) is 17.5 Å². The number of hydrogen-bond acceptors (Lipinski definition) is 4. The molecule has 40 heavy (non-hydrogen) atoms. The molecule has 5 heteroatoms. The molecule has 0 radical (unpaired) electrons. The summed E-state index contributed by atoms with van der Waals surface area (Å²) in [6.45, 7) is 4.88. The first-order valence-corrected chi connectivity index (χ1v) is 17.4. The number of fused-ring (bicyclic) bond motifs is 6. The minimum atomic E-state index is -1.82. The van der Waals surface area contributed by atoms with Gasteiger partial charge in [-0.25, -0.2) is 15.0 Å². The third kappa shape index (κ3) is 3.52. The molecule has 0 N–H and O–H groups in total. The number of benzene rings is 5. The van der Waals surface area contributed by atoms with Gasteiger partial charge in [-0.05, 0) is 33.6 Å². The Balaban J connectivity index is 1.37. The molecule has 0 unspecified atom stereocenters. The number of aromatic nitrogens is 3. The number of nitrogens with zero attached hydrogens (tertiary/aromatic N) is 3. The molecule has 3 nitrogen and oxygen atoms in total. The van der Waals surface area contributed by atoms with Crippen LogP contribution in [0.15, 0.2) is 115 Å². The highest BCUT2D eigenvalue weighted by Gasteiger charge is 2.38. The van der Waals surface area contributed by atoms with Crippen molar-refractivity contribution in [2.24, 2.45) is 0 Å². The fourth-order valence-electron chi connectivity index (χ4n) is 6.15. The van der Waals surface area contributed by atoms with Crippen molar-refractivity contribution in [1.82, 2.24) is 15.0 Å². The summed E-state index contributed by atoms with van der Waals surface area (Å²) in [5.41, 5.74) is 5.66. The second-order valence-electron chi connectivity index (χ2n) is 10.9. The largest absolute Gasteiger partial charge is 0.208 e. The lowest BCUT2D eigenvalue weighted by Crippen LogP contribution is -2.49. The van der Waals surface area contributed by atoms with Crippen molar-refractivity contribution in [3.63, 3.8) is 0 Å². The van der Waals surface area contributed by atoms with E-state index in [1.165, 1.54) is 41.7 Å². The van der Waals surface area contributed by atoms with Crippen molar-refractivity contribution in [2.75, 3.05) is 0 Å². The summed E-state index contributed by atoms with van der Waals surface area (Å²) in [7, 11) is -1.82. The first-order valence-electron chi connectivity index (χ1n) is 13.5. The summed E-state index contributed by atoms with van der Waals surface area (Å²) >= 11 is 1.81. The molecule has 0 aliphatic carbocycles. The van der Waals surface area contributed by atoms with Crippen LogP contribution >= 0.6 is 11.3 Å². The molecule has 8 rings (SSSR count). The lowest BCUT2D eigenvalue weighted by molar-refractivity contribution is 1.08. The van der Waals surface area contributed by atoms with Gasteiger partial charge in [-0.1, -0.05) is 116 Å². The topological polar surface area (TPSA) is 38.7 Å². The second-order valence-corrected chi connectivity index (χ2v) is 16.3. The molecule has 0 saturated carbocycles. The minimum absolute atomic E-state index is 0.692. The van der Waals surface area contributed by atoms with E-state index in [1.54, 1.807) is 0 Å². The van der Waals surface area contributed by atoms with Crippen LogP contribution in [0.5, 0.6) is 0 Å². The molecule has 1 aliphatic rings. The molecule has 0 fully saturated rings. The van der Waals surface area contributed by atoms with Crippen LogP contribution in [0.25, 0.3) is 65.5 Å². The van der Waals surface area contributed by atoms with Crippen LogP contribution in [0.3, 0.4) is 0 Å². The zero-order valence-corrected chi connectivity index (χ0v) is 24.0. The van der Waals surface area contributed by atoms with E-state index in [9.17, 15) is 0 Å². The maximum atomic E-state index is 5.16. The van der Waals surface area contributed by atoms with E-state index in [2.05, 4.69) is 110 Å². The number of rotatable bonds is 3. The van der Waals surface area contributed by atoms with E-state index in [-0.39, 0.29) is 0 Å². The normalized spacial score (nSPS) is 13.4. The van der Waals surface area contributed by atoms with Gasteiger partial charge in [0, 0.05) is 36.9 Å². The van der Waals surface area contributed by atoms with Gasteiger partial charge in [0.2, 0.25) is 0 Å². The van der Waals surface area contributed by atoms with Crippen LogP contribution in [-0.4, -0.2) is 23.0 Å². The maximum Gasteiger partial charge on any atom is 0.164 e. The average molecular weight is 548 g/mol. The Kier molecular flexibility index (Phi) is 5.14. The predicted octanol–water partition coefficient (Wildman–Crippen LogP) is 8.04. The molecular weight excluding hydrogens is 523 g/mol. The minimum Gasteiger partial charge on any atom is -0.208 e. The fourth-order valence-corrected chi connectivity index (χ4v) is 10.4. The third-order valence-electron chi connectivity index (χ3n) is 8.15. The Labute approximate surface area is 237 Å². The smallest absolute Gasteiger partial charge is 0.164 e. The van der Waals surface area contributed by atoms with E-state index >= 15 is 0 Å². The Morgan fingerprint density at radius 3 is 2.02 bits per heavy atom. The highest BCUT2D eigenvalue weighted by atomic mass is 32.1. The SMILES string of the molecule is C[Si]1(C)c2ccccc2-c2c(-c3nc(-c4ccccc4)nc(-c4ccc5c(c4)sc4ccccc45)n3)cccc21. The van der Waals surface area contributed by atoms with Crippen molar-refractivity contribution in [3.05, 3.63) is 115 Å². The maximum absolute atomic E-state index is 5.16.